The van der Waals surface area contributed by atoms with E-state index in [0.717, 1.165) is 42.4 Å². The number of nitriles is 1. The molecule has 0 spiro atoms. The average molecular weight is 325 g/mol. The highest BCUT2D eigenvalue weighted by molar-refractivity contribution is 9.10. The minimum atomic E-state index is -0.730. The SMILES string of the molecule is N#Cc1cc(Br)ccc1NCCCCCCC(=O)O. The number of benzene rings is 1. The normalized spacial score (nSPS) is 9.89. The van der Waals surface area contributed by atoms with Gasteiger partial charge in [0.15, 0.2) is 0 Å². The smallest absolute Gasteiger partial charge is 0.303 e. The largest absolute Gasteiger partial charge is 0.481 e. The van der Waals surface area contributed by atoms with E-state index in [1.807, 2.05) is 12.1 Å². The molecule has 2 N–H and O–H groups in total. The van der Waals surface area contributed by atoms with Crippen LogP contribution >= 0.6 is 15.9 Å². The fraction of sp³-hybridized carbons (Fsp3) is 0.429. The molecule has 0 unspecified atom stereocenters. The molecule has 0 aliphatic heterocycles. The number of rotatable bonds is 8. The predicted octanol–water partition coefficient (Wildman–Crippen LogP) is 3.77. The Kier molecular flexibility index (Phi) is 6.98. The van der Waals surface area contributed by atoms with Crippen molar-refractivity contribution in [3.63, 3.8) is 0 Å². The summed E-state index contributed by atoms with van der Waals surface area (Å²) in [6.07, 6.45) is 3.88. The lowest BCUT2D eigenvalue weighted by Gasteiger charge is -2.08. The number of hydrogen-bond donors (Lipinski definition) is 2. The molecule has 19 heavy (non-hydrogen) atoms. The highest BCUT2D eigenvalue weighted by Crippen LogP contribution is 2.20. The van der Waals surface area contributed by atoms with Crippen molar-refractivity contribution in [1.29, 1.82) is 5.26 Å². The van der Waals surface area contributed by atoms with Gasteiger partial charge in [-0.3, -0.25) is 4.79 Å². The van der Waals surface area contributed by atoms with Crippen molar-refractivity contribution in [2.75, 3.05) is 11.9 Å². The number of carboxylic acids is 1. The standard InChI is InChI=1S/C14H17BrN2O2/c15-12-6-7-13(11(9-12)10-16)17-8-4-2-1-3-5-14(18)19/h6-7,9,17H,1-5,8H2,(H,18,19). The van der Waals surface area contributed by atoms with Crippen molar-refractivity contribution in [3.05, 3.63) is 28.2 Å². The number of carbonyl (C=O) groups is 1. The van der Waals surface area contributed by atoms with E-state index < -0.39 is 5.97 Å². The summed E-state index contributed by atoms with van der Waals surface area (Å²) in [5, 5.41) is 20.7. The Morgan fingerprint density at radius 3 is 2.74 bits per heavy atom. The number of hydrogen-bond acceptors (Lipinski definition) is 3. The Morgan fingerprint density at radius 2 is 2.05 bits per heavy atom. The lowest BCUT2D eigenvalue weighted by atomic mass is 10.1. The number of nitrogens with one attached hydrogen (secondary N) is 1. The van der Waals surface area contributed by atoms with Gasteiger partial charge in [0.05, 0.1) is 11.3 Å². The van der Waals surface area contributed by atoms with Crippen molar-refractivity contribution < 1.29 is 9.90 Å². The summed E-state index contributed by atoms with van der Waals surface area (Å²) in [6.45, 7) is 0.795. The highest BCUT2D eigenvalue weighted by atomic mass is 79.9. The van der Waals surface area contributed by atoms with Crippen molar-refractivity contribution in [2.24, 2.45) is 0 Å². The Hall–Kier alpha value is -1.54. The van der Waals surface area contributed by atoms with Crippen molar-refractivity contribution in [1.82, 2.24) is 0 Å². The zero-order valence-corrected chi connectivity index (χ0v) is 12.2. The third-order valence-corrected chi connectivity index (χ3v) is 3.23. The second-order valence-corrected chi connectivity index (χ2v) is 5.20. The monoisotopic (exact) mass is 324 g/mol. The zero-order chi connectivity index (χ0) is 14.1. The fourth-order valence-corrected chi connectivity index (χ4v) is 2.10. The van der Waals surface area contributed by atoms with Gasteiger partial charge in [-0.15, -0.1) is 0 Å². The molecule has 0 amide bonds. The molecular formula is C14H17BrN2O2. The molecule has 0 heterocycles. The molecule has 1 aromatic carbocycles. The number of anilines is 1. The van der Waals surface area contributed by atoms with E-state index >= 15 is 0 Å². The second-order valence-electron chi connectivity index (χ2n) is 4.29. The second kappa shape index (κ2) is 8.54. The highest BCUT2D eigenvalue weighted by Gasteiger charge is 2.02. The summed E-state index contributed by atoms with van der Waals surface area (Å²) >= 11 is 3.33. The summed E-state index contributed by atoms with van der Waals surface area (Å²) in [7, 11) is 0. The molecule has 0 saturated heterocycles. The van der Waals surface area contributed by atoms with Gasteiger partial charge in [-0.1, -0.05) is 28.8 Å². The van der Waals surface area contributed by atoms with Gasteiger partial charge in [0, 0.05) is 17.4 Å². The zero-order valence-electron chi connectivity index (χ0n) is 10.7. The molecule has 0 aromatic heterocycles. The summed E-state index contributed by atoms with van der Waals surface area (Å²) < 4.78 is 0.892. The molecule has 0 radical (unpaired) electrons. The van der Waals surface area contributed by atoms with E-state index in [-0.39, 0.29) is 6.42 Å². The number of aliphatic carboxylic acids is 1. The van der Waals surface area contributed by atoms with Crippen LogP contribution in [0.4, 0.5) is 5.69 Å². The fourth-order valence-electron chi connectivity index (χ4n) is 1.74. The summed E-state index contributed by atoms with van der Waals surface area (Å²) in [5.41, 5.74) is 1.47. The van der Waals surface area contributed by atoms with Crippen molar-refractivity contribution in [3.8, 4) is 6.07 Å². The van der Waals surface area contributed by atoms with E-state index in [2.05, 4.69) is 27.3 Å². The first-order valence-corrected chi connectivity index (χ1v) is 7.08. The molecule has 0 aliphatic rings. The van der Waals surface area contributed by atoms with E-state index in [4.69, 9.17) is 10.4 Å². The Labute approximate surface area is 121 Å². The number of nitrogens with zero attached hydrogens (tertiary/aromatic N) is 1. The van der Waals surface area contributed by atoms with Gasteiger partial charge in [-0.25, -0.2) is 0 Å². The van der Waals surface area contributed by atoms with Gasteiger partial charge < -0.3 is 10.4 Å². The van der Waals surface area contributed by atoms with Crippen LogP contribution in [0.5, 0.6) is 0 Å². The van der Waals surface area contributed by atoms with E-state index in [9.17, 15) is 4.79 Å². The average Bonchev–Trinajstić information content (AvgIpc) is 2.38. The van der Waals surface area contributed by atoms with Crippen LogP contribution in [0.1, 0.15) is 37.7 Å². The van der Waals surface area contributed by atoms with Gasteiger partial charge in [-0.2, -0.15) is 5.26 Å². The van der Waals surface area contributed by atoms with Crippen LogP contribution in [0.15, 0.2) is 22.7 Å². The molecule has 1 aromatic rings. The Morgan fingerprint density at radius 1 is 1.32 bits per heavy atom. The molecule has 0 aliphatic carbocycles. The Bertz CT molecular complexity index is 469. The van der Waals surface area contributed by atoms with Gasteiger partial charge in [-0.05, 0) is 31.0 Å². The van der Waals surface area contributed by atoms with E-state index in [1.54, 1.807) is 6.07 Å². The van der Waals surface area contributed by atoms with Crippen LogP contribution in [0.3, 0.4) is 0 Å². The molecule has 5 heteroatoms. The van der Waals surface area contributed by atoms with Crippen LogP contribution in [0.25, 0.3) is 0 Å². The summed E-state index contributed by atoms with van der Waals surface area (Å²) in [6, 6.07) is 7.72. The van der Waals surface area contributed by atoms with Gasteiger partial charge in [0.2, 0.25) is 0 Å². The van der Waals surface area contributed by atoms with Gasteiger partial charge in [0.25, 0.3) is 0 Å². The molecule has 4 nitrogen and oxygen atoms in total. The summed E-state index contributed by atoms with van der Waals surface area (Å²) in [4.78, 5) is 10.3. The minimum Gasteiger partial charge on any atom is -0.481 e. The quantitative estimate of drug-likeness (QED) is 0.714. The predicted molar refractivity (Wildman–Crippen MR) is 78.1 cm³/mol. The lowest BCUT2D eigenvalue weighted by molar-refractivity contribution is -0.137. The maximum Gasteiger partial charge on any atom is 0.303 e. The summed E-state index contributed by atoms with van der Waals surface area (Å²) in [5.74, 6) is -0.730. The lowest BCUT2D eigenvalue weighted by Crippen LogP contribution is -2.03. The third kappa shape index (κ3) is 6.25. The van der Waals surface area contributed by atoms with Gasteiger partial charge >= 0.3 is 5.97 Å². The van der Waals surface area contributed by atoms with Crippen LogP contribution in [0.2, 0.25) is 0 Å². The molecule has 1 rings (SSSR count). The maximum absolute atomic E-state index is 10.3. The van der Waals surface area contributed by atoms with Crippen molar-refractivity contribution in [2.45, 2.75) is 32.1 Å². The molecule has 0 bridgehead atoms. The minimum absolute atomic E-state index is 0.249. The molecule has 0 atom stereocenters. The molecular weight excluding hydrogens is 308 g/mol. The first kappa shape index (κ1) is 15.5. The van der Waals surface area contributed by atoms with Crippen LogP contribution in [-0.2, 0) is 4.79 Å². The van der Waals surface area contributed by atoms with Crippen molar-refractivity contribution >= 4 is 27.6 Å². The molecule has 102 valence electrons. The van der Waals surface area contributed by atoms with Gasteiger partial charge in [0.1, 0.15) is 6.07 Å². The van der Waals surface area contributed by atoms with E-state index in [0.29, 0.717) is 5.56 Å². The number of carboxylic acid groups (broad SMARTS) is 1. The Balaban J connectivity index is 2.23. The molecule has 0 saturated carbocycles. The first-order valence-electron chi connectivity index (χ1n) is 6.29. The number of halogens is 1. The molecule has 0 fully saturated rings. The van der Waals surface area contributed by atoms with Crippen LogP contribution in [-0.4, -0.2) is 17.6 Å². The van der Waals surface area contributed by atoms with Crippen LogP contribution in [0, 0.1) is 11.3 Å². The first-order chi connectivity index (χ1) is 9.13. The maximum atomic E-state index is 10.3. The topological polar surface area (TPSA) is 73.1 Å². The third-order valence-electron chi connectivity index (χ3n) is 2.73. The number of unbranched alkanes of at least 4 members (excludes halogenated alkanes) is 3. The van der Waals surface area contributed by atoms with E-state index in [1.165, 1.54) is 0 Å². The van der Waals surface area contributed by atoms with Crippen LogP contribution < -0.4 is 5.32 Å².